The van der Waals surface area contributed by atoms with Crippen LogP contribution in [-0.2, 0) is 9.53 Å². The van der Waals surface area contributed by atoms with Crippen molar-refractivity contribution in [2.75, 3.05) is 26.6 Å². The summed E-state index contributed by atoms with van der Waals surface area (Å²) >= 11 is 0. The fourth-order valence-corrected chi connectivity index (χ4v) is 2.91. The van der Waals surface area contributed by atoms with E-state index in [1.807, 2.05) is 0 Å². The van der Waals surface area contributed by atoms with Gasteiger partial charge in [-0.1, -0.05) is 12.1 Å². The SMILES string of the molecule is COc1cccc(NC(=O)C[C@@H]2OC(=O)c3c2ccc(OC)c3OC)c1. The number of hydrogen-bond acceptors (Lipinski definition) is 6. The van der Waals surface area contributed by atoms with E-state index in [4.69, 9.17) is 18.9 Å². The standard InChI is InChI=1S/C19H19NO6/c1-23-12-6-4-5-11(9-12)20-16(21)10-15-13-7-8-14(24-2)18(25-3)17(13)19(22)26-15/h4-9,15H,10H2,1-3H3,(H,20,21)/t15-/m0/s1. The van der Waals surface area contributed by atoms with E-state index in [2.05, 4.69) is 5.32 Å². The highest BCUT2D eigenvalue weighted by Gasteiger charge is 2.36. The molecule has 0 spiro atoms. The molecule has 0 bridgehead atoms. The Hall–Kier alpha value is -3.22. The normalized spacial score (nSPS) is 15.0. The van der Waals surface area contributed by atoms with E-state index in [-0.39, 0.29) is 12.3 Å². The van der Waals surface area contributed by atoms with Crippen LogP contribution < -0.4 is 19.5 Å². The zero-order chi connectivity index (χ0) is 18.7. The number of carbonyl (C=O) groups excluding carboxylic acids is 2. The molecule has 0 unspecified atom stereocenters. The van der Waals surface area contributed by atoms with Crippen molar-refractivity contribution in [3.05, 3.63) is 47.5 Å². The Morgan fingerprint density at radius 2 is 1.92 bits per heavy atom. The summed E-state index contributed by atoms with van der Waals surface area (Å²) in [7, 11) is 4.50. The summed E-state index contributed by atoms with van der Waals surface area (Å²) in [6.07, 6.45) is -0.686. The molecular weight excluding hydrogens is 338 g/mol. The van der Waals surface area contributed by atoms with E-state index in [0.29, 0.717) is 34.1 Å². The molecule has 1 heterocycles. The number of anilines is 1. The molecule has 1 N–H and O–H groups in total. The zero-order valence-electron chi connectivity index (χ0n) is 14.7. The average molecular weight is 357 g/mol. The number of nitrogens with one attached hydrogen (secondary N) is 1. The molecule has 1 amide bonds. The third-order valence-corrected chi connectivity index (χ3v) is 4.10. The number of esters is 1. The lowest BCUT2D eigenvalue weighted by Gasteiger charge is -2.13. The Morgan fingerprint density at radius 1 is 1.12 bits per heavy atom. The molecule has 1 aliphatic rings. The van der Waals surface area contributed by atoms with Gasteiger partial charge in [0.1, 0.15) is 17.4 Å². The third kappa shape index (κ3) is 3.28. The van der Waals surface area contributed by atoms with Crippen LogP contribution in [0, 0.1) is 0 Å². The van der Waals surface area contributed by atoms with Crippen molar-refractivity contribution in [3.63, 3.8) is 0 Å². The second-order valence-electron chi connectivity index (χ2n) is 5.64. The summed E-state index contributed by atoms with van der Waals surface area (Å²) in [5, 5.41) is 2.77. The maximum absolute atomic E-state index is 12.4. The highest BCUT2D eigenvalue weighted by atomic mass is 16.6. The first-order valence-corrected chi connectivity index (χ1v) is 7.97. The van der Waals surface area contributed by atoms with E-state index in [0.717, 1.165) is 0 Å². The lowest BCUT2D eigenvalue weighted by Crippen LogP contribution is -2.15. The van der Waals surface area contributed by atoms with E-state index < -0.39 is 12.1 Å². The van der Waals surface area contributed by atoms with Crippen molar-refractivity contribution in [2.45, 2.75) is 12.5 Å². The lowest BCUT2D eigenvalue weighted by molar-refractivity contribution is -0.118. The van der Waals surface area contributed by atoms with E-state index in [1.54, 1.807) is 43.5 Å². The molecule has 0 saturated carbocycles. The van der Waals surface area contributed by atoms with Crippen molar-refractivity contribution in [1.82, 2.24) is 0 Å². The zero-order valence-corrected chi connectivity index (χ0v) is 14.7. The molecule has 3 rings (SSSR count). The molecular formula is C19H19NO6. The fourth-order valence-electron chi connectivity index (χ4n) is 2.91. The van der Waals surface area contributed by atoms with Crippen molar-refractivity contribution >= 4 is 17.6 Å². The van der Waals surface area contributed by atoms with Gasteiger partial charge in [0.05, 0.1) is 27.8 Å². The first-order chi connectivity index (χ1) is 12.6. The van der Waals surface area contributed by atoms with Gasteiger partial charge in [0.2, 0.25) is 5.91 Å². The highest BCUT2D eigenvalue weighted by molar-refractivity contribution is 5.99. The summed E-state index contributed by atoms with van der Waals surface area (Å²) in [6, 6.07) is 10.4. The van der Waals surface area contributed by atoms with Crippen LogP contribution in [0.1, 0.15) is 28.4 Å². The molecule has 0 fully saturated rings. The van der Waals surface area contributed by atoms with Crippen molar-refractivity contribution in [2.24, 2.45) is 0 Å². The van der Waals surface area contributed by atoms with Crippen molar-refractivity contribution in [3.8, 4) is 17.2 Å². The molecule has 0 aromatic heterocycles. The van der Waals surface area contributed by atoms with Crippen LogP contribution in [0.3, 0.4) is 0 Å². The Bertz CT molecular complexity index is 848. The predicted octanol–water partition coefficient (Wildman–Crippen LogP) is 2.95. The number of amides is 1. The van der Waals surface area contributed by atoms with Crippen LogP contribution in [0.4, 0.5) is 5.69 Å². The van der Waals surface area contributed by atoms with Gasteiger partial charge in [-0.15, -0.1) is 0 Å². The summed E-state index contributed by atoms with van der Waals surface area (Å²) in [5.74, 6) is 0.571. The minimum absolute atomic E-state index is 0.00850. The smallest absolute Gasteiger partial charge is 0.343 e. The Labute approximate surface area is 150 Å². The monoisotopic (exact) mass is 357 g/mol. The lowest BCUT2D eigenvalue weighted by atomic mass is 10.0. The summed E-state index contributed by atoms with van der Waals surface area (Å²) < 4.78 is 21.0. The average Bonchev–Trinajstić information content (AvgIpc) is 2.96. The molecule has 136 valence electrons. The van der Waals surface area contributed by atoms with Crippen LogP contribution in [0.2, 0.25) is 0 Å². The maximum Gasteiger partial charge on any atom is 0.343 e. The van der Waals surface area contributed by atoms with Gasteiger partial charge in [0.25, 0.3) is 0 Å². The van der Waals surface area contributed by atoms with Crippen molar-refractivity contribution < 1.29 is 28.5 Å². The van der Waals surface area contributed by atoms with Crippen LogP contribution in [0.25, 0.3) is 0 Å². The molecule has 7 heteroatoms. The third-order valence-electron chi connectivity index (χ3n) is 4.10. The number of rotatable bonds is 6. The van der Waals surface area contributed by atoms with Gasteiger partial charge in [-0.2, -0.15) is 0 Å². The molecule has 1 atom stereocenters. The molecule has 2 aromatic rings. The largest absolute Gasteiger partial charge is 0.497 e. The molecule has 26 heavy (non-hydrogen) atoms. The topological polar surface area (TPSA) is 83.1 Å². The van der Waals surface area contributed by atoms with E-state index >= 15 is 0 Å². The summed E-state index contributed by atoms with van der Waals surface area (Å²) in [6.45, 7) is 0. The molecule has 2 aromatic carbocycles. The van der Waals surface area contributed by atoms with Gasteiger partial charge in [-0.05, 0) is 18.2 Å². The first-order valence-electron chi connectivity index (χ1n) is 7.97. The quantitative estimate of drug-likeness (QED) is 0.801. The van der Waals surface area contributed by atoms with E-state index in [1.165, 1.54) is 14.2 Å². The fraction of sp³-hybridized carbons (Fsp3) is 0.263. The first kappa shape index (κ1) is 17.6. The minimum Gasteiger partial charge on any atom is -0.497 e. The molecule has 7 nitrogen and oxygen atoms in total. The Morgan fingerprint density at radius 3 is 2.62 bits per heavy atom. The number of hydrogen-bond donors (Lipinski definition) is 1. The number of cyclic esters (lactones) is 1. The van der Waals surface area contributed by atoms with Crippen LogP contribution in [-0.4, -0.2) is 33.2 Å². The number of benzene rings is 2. The Balaban J connectivity index is 1.78. The number of carbonyl (C=O) groups is 2. The minimum atomic E-state index is -0.678. The van der Waals surface area contributed by atoms with Crippen molar-refractivity contribution in [1.29, 1.82) is 0 Å². The summed E-state index contributed by atoms with van der Waals surface area (Å²) in [4.78, 5) is 24.6. The van der Waals surface area contributed by atoms with E-state index in [9.17, 15) is 9.59 Å². The number of ether oxygens (including phenoxy) is 4. The Kier molecular flexibility index (Phi) is 4.97. The maximum atomic E-state index is 12.4. The number of fused-ring (bicyclic) bond motifs is 1. The predicted molar refractivity (Wildman–Crippen MR) is 93.9 cm³/mol. The number of methoxy groups -OCH3 is 3. The molecule has 0 radical (unpaired) electrons. The van der Waals surface area contributed by atoms with Crippen LogP contribution in [0.15, 0.2) is 36.4 Å². The second-order valence-corrected chi connectivity index (χ2v) is 5.64. The highest BCUT2D eigenvalue weighted by Crippen LogP contribution is 2.43. The van der Waals surface area contributed by atoms with Gasteiger partial charge >= 0.3 is 5.97 Å². The molecule has 0 saturated heterocycles. The van der Waals surface area contributed by atoms with Gasteiger partial charge in [0.15, 0.2) is 11.5 Å². The second kappa shape index (κ2) is 7.35. The summed E-state index contributed by atoms with van der Waals surface area (Å²) in [5.41, 5.74) is 1.51. The molecule has 0 aliphatic carbocycles. The van der Waals surface area contributed by atoms with Crippen LogP contribution >= 0.6 is 0 Å². The van der Waals surface area contributed by atoms with Gasteiger partial charge in [0, 0.05) is 17.3 Å². The van der Waals surface area contributed by atoms with Gasteiger partial charge < -0.3 is 24.3 Å². The van der Waals surface area contributed by atoms with Gasteiger partial charge in [-0.25, -0.2) is 4.79 Å². The van der Waals surface area contributed by atoms with Crippen LogP contribution in [0.5, 0.6) is 17.2 Å². The molecule has 1 aliphatic heterocycles. The van der Waals surface area contributed by atoms with Gasteiger partial charge in [-0.3, -0.25) is 4.79 Å².